The Kier molecular flexibility index (Phi) is 4.81. The monoisotopic (exact) mass is 300 g/mol. The molecule has 0 aromatic carbocycles. The predicted octanol–water partition coefficient (Wildman–Crippen LogP) is 3.67. The van der Waals surface area contributed by atoms with Gasteiger partial charge in [0.25, 0.3) is 0 Å². The van der Waals surface area contributed by atoms with Gasteiger partial charge in [-0.3, -0.25) is 0 Å². The SMILES string of the molecule is C[Si](C)(C)OC1CCCCC1Oc1cc(Cl)ncn1. The fourth-order valence-electron chi connectivity index (χ4n) is 2.32. The van der Waals surface area contributed by atoms with Gasteiger partial charge in [-0.2, -0.15) is 0 Å². The van der Waals surface area contributed by atoms with E-state index in [9.17, 15) is 0 Å². The number of hydrogen-bond acceptors (Lipinski definition) is 4. The van der Waals surface area contributed by atoms with E-state index < -0.39 is 8.32 Å². The van der Waals surface area contributed by atoms with Crippen LogP contribution in [0.5, 0.6) is 5.88 Å². The highest BCUT2D eigenvalue weighted by atomic mass is 35.5. The third kappa shape index (κ3) is 4.74. The van der Waals surface area contributed by atoms with Crippen LogP contribution >= 0.6 is 11.6 Å². The van der Waals surface area contributed by atoms with Gasteiger partial charge in [-0.15, -0.1) is 0 Å². The highest BCUT2D eigenvalue weighted by Crippen LogP contribution is 2.27. The molecule has 1 aromatic rings. The van der Waals surface area contributed by atoms with Crippen LogP contribution in [0.4, 0.5) is 0 Å². The zero-order chi connectivity index (χ0) is 13.9. The van der Waals surface area contributed by atoms with E-state index in [0.717, 1.165) is 12.8 Å². The van der Waals surface area contributed by atoms with Crippen LogP contribution in [-0.2, 0) is 4.43 Å². The molecule has 4 nitrogen and oxygen atoms in total. The lowest BCUT2D eigenvalue weighted by atomic mass is 9.95. The van der Waals surface area contributed by atoms with E-state index in [-0.39, 0.29) is 12.2 Å². The van der Waals surface area contributed by atoms with Crippen LogP contribution in [0.2, 0.25) is 24.8 Å². The van der Waals surface area contributed by atoms with Gasteiger partial charge in [0.1, 0.15) is 17.6 Å². The summed E-state index contributed by atoms with van der Waals surface area (Å²) in [4.78, 5) is 7.96. The third-order valence-corrected chi connectivity index (χ3v) is 4.24. The Morgan fingerprint density at radius 1 is 1.16 bits per heavy atom. The van der Waals surface area contributed by atoms with Gasteiger partial charge in [0.05, 0.1) is 6.10 Å². The van der Waals surface area contributed by atoms with Gasteiger partial charge in [-0.1, -0.05) is 18.0 Å². The average Bonchev–Trinajstić information content (AvgIpc) is 2.30. The van der Waals surface area contributed by atoms with Crippen LogP contribution in [0.25, 0.3) is 0 Å². The summed E-state index contributed by atoms with van der Waals surface area (Å²) in [5, 5.41) is 0.406. The first-order chi connectivity index (χ1) is 8.94. The summed E-state index contributed by atoms with van der Waals surface area (Å²) < 4.78 is 12.2. The quantitative estimate of drug-likeness (QED) is 0.628. The summed E-state index contributed by atoms with van der Waals surface area (Å²) in [6.45, 7) is 6.63. The molecule has 1 fully saturated rings. The molecule has 1 saturated carbocycles. The van der Waals surface area contributed by atoms with Crippen molar-refractivity contribution in [2.45, 2.75) is 57.5 Å². The van der Waals surface area contributed by atoms with Crippen molar-refractivity contribution < 1.29 is 9.16 Å². The number of aromatic nitrogens is 2. The Labute approximate surface area is 120 Å². The van der Waals surface area contributed by atoms with Crippen molar-refractivity contribution in [2.75, 3.05) is 0 Å². The maximum atomic E-state index is 6.23. The molecule has 1 heterocycles. The van der Waals surface area contributed by atoms with Gasteiger partial charge in [0.2, 0.25) is 5.88 Å². The van der Waals surface area contributed by atoms with Crippen LogP contribution in [0.1, 0.15) is 25.7 Å². The topological polar surface area (TPSA) is 44.2 Å². The molecular formula is C13H21ClN2O2Si. The smallest absolute Gasteiger partial charge is 0.218 e. The van der Waals surface area contributed by atoms with E-state index in [1.54, 1.807) is 6.07 Å². The van der Waals surface area contributed by atoms with Crippen LogP contribution in [-0.4, -0.2) is 30.5 Å². The molecule has 0 bridgehead atoms. The molecule has 0 radical (unpaired) electrons. The average molecular weight is 301 g/mol. The van der Waals surface area contributed by atoms with E-state index >= 15 is 0 Å². The molecule has 106 valence electrons. The highest BCUT2D eigenvalue weighted by Gasteiger charge is 2.31. The fraction of sp³-hybridized carbons (Fsp3) is 0.692. The van der Waals surface area contributed by atoms with Crippen LogP contribution in [0.15, 0.2) is 12.4 Å². The molecule has 0 spiro atoms. The Balaban J connectivity index is 2.03. The van der Waals surface area contributed by atoms with Crippen LogP contribution < -0.4 is 4.74 Å². The summed E-state index contributed by atoms with van der Waals surface area (Å²) in [6.07, 6.45) is 6.13. The van der Waals surface area contributed by atoms with Crippen molar-refractivity contribution >= 4 is 19.9 Å². The lowest BCUT2D eigenvalue weighted by molar-refractivity contribution is 0.0158. The van der Waals surface area contributed by atoms with Crippen molar-refractivity contribution in [3.63, 3.8) is 0 Å². The first-order valence-corrected chi connectivity index (χ1v) is 10.5. The van der Waals surface area contributed by atoms with Gasteiger partial charge in [0.15, 0.2) is 8.32 Å². The van der Waals surface area contributed by atoms with Gasteiger partial charge in [-0.05, 0) is 38.9 Å². The van der Waals surface area contributed by atoms with Crippen LogP contribution in [0, 0.1) is 0 Å². The van der Waals surface area contributed by atoms with Crippen molar-refractivity contribution in [3.8, 4) is 5.88 Å². The molecule has 0 amide bonds. The van der Waals surface area contributed by atoms with Gasteiger partial charge in [-0.25, -0.2) is 9.97 Å². The largest absolute Gasteiger partial charge is 0.472 e. The van der Waals surface area contributed by atoms with E-state index in [1.807, 2.05) is 0 Å². The lowest BCUT2D eigenvalue weighted by Gasteiger charge is -2.35. The minimum Gasteiger partial charge on any atom is -0.472 e. The molecule has 1 aromatic heterocycles. The number of halogens is 1. The molecule has 0 aliphatic heterocycles. The molecule has 19 heavy (non-hydrogen) atoms. The normalized spacial score (nSPS) is 24.2. The standard InChI is InChI=1S/C13H21ClN2O2Si/c1-19(2,3)18-11-7-5-4-6-10(11)17-13-8-12(14)15-9-16-13/h8-11H,4-7H2,1-3H3. The third-order valence-electron chi connectivity index (χ3n) is 3.03. The zero-order valence-corrected chi connectivity index (χ0v) is 13.5. The first kappa shape index (κ1) is 14.7. The number of hydrogen-bond donors (Lipinski definition) is 0. The molecule has 0 saturated heterocycles. The minimum absolute atomic E-state index is 0.0754. The van der Waals surface area contributed by atoms with E-state index in [0.29, 0.717) is 11.0 Å². The second kappa shape index (κ2) is 6.20. The molecule has 2 rings (SSSR count). The highest BCUT2D eigenvalue weighted by molar-refractivity contribution is 6.69. The summed E-state index contributed by atoms with van der Waals surface area (Å²) >= 11 is 5.85. The first-order valence-electron chi connectivity index (χ1n) is 6.76. The number of ether oxygens (including phenoxy) is 1. The molecule has 1 aliphatic carbocycles. The molecule has 1 aliphatic rings. The Morgan fingerprint density at radius 3 is 2.47 bits per heavy atom. The van der Waals surface area contributed by atoms with Crippen molar-refractivity contribution in [1.29, 1.82) is 0 Å². The van der Waals surface area contributed by atoms with Crippen molar-refractivity contribution in [3.05, 3.63) is 17.5 Å². The number of nitrogens with zero attached hydrogens (tertiary/aromatic N) is 2. The Morgan fingerprint density at radius 2 is 1.84 bits per heavy atom. The molecule has 6 heteroatoms. The Hall–Kier alpha value is -0.653. The van der Waals surface area contributed by atoms with Gasteiger partial charge >= 0.3 is 0 Å². The maximum absolute atomic E-state index is 6.23. The molecule has 2 atom stereocenters. The van der Waals surface area contributed by atoms with E-state index in [2.05, 4.69) is 29.6 Å². The molecule has 0 N–H and O–H groups in total. The molecule has 2 unspecified atom stereocenters. The maximum Gasteiger partial charge on any atom is 0.218 e. The Bertz CT molecular complexity index is 425. The fourth-order valence-corrected chi connectivity index (χ4v) is 3.64. The van der Waals surface area contributed by atoms with Crippen molar-refractivity contribution in [1.82, 2.24) is 9.97 Å². The van der Waals surface area contributed by atoms with Gasteiger partial charge in [0, 0.05) is 6.07 Å². The zero-order valence-electron chi connectivity index (χ0n) is 11.7. The lowest BCUT2D eigenvalue weighted by Crippen LogP contribution is -2.43. The second-order valence-corrected chi connectivity index (χ2v) is 10.7. The number of rotatable bonds is 4. The minimum atomic E-state index is -1.55. The summed E-state index contributed by atoms with van der Waals surface area (Å²) in [5.74, 6) is 0.538. The summed E-state index contributed by atoms with van der Waals surface area (Å²) in [6, 6.07) is 1.65. The predicted molar refractivity (Wildman–Crippen MR) is 78.1 cm³/mol. The summed E-state index contributed by atoms with van der Waals surface area (Å²) in [7, 11) is -1.55. The van der Waals surface area contributed by atoms with Gasteiger partial charge < -0.3 is 9.16 Å². The summed E-state index contributed by atoms with van der Waals surface area (Å²) in [5.41, 5.74) is 0. The second-order valence-electron chi connectivity index (χ2n) is 5.89. The van der Waals surface area contributed by atoms with E-state index in [1.165, 1.54) is 19.2 Å². The van der Waals surface area contributed by atoms with Crippen molar-refractivity contribution in [2.24, 2.45) is 0 Å². The van der Waals surface area contributed by atoms with E-state index in [4.69, 9.17) is 20.8 Å². The molecular weight excluding hydrogens is 280 g/mol. The van der Waals surface area contributed by atoms with Crippen LogP contribution in [0.3, 0.4) is 0 Å².